The fourth-order valence-electron chi connectivity index (χ4n) is 5.39. The van der Waals surface area contributed by atoms with Crippen molar-refractivity contribution in [2.75, 3.05) is 51.3 Å². The van der Waals surface area contributed by atoms with E-state index in [1.54, 1.807) is 47.9 Å². The summed E-state index contributed by atoms with van der Waals surface area (Å²) in [6.07, 6.45) is -1.38. The fourth-order valence-corrected chi connectivity index (χ4v) is 5.39. The van der Waals surface area contributed by atoms with Gasteiger partial charge in [0, 0.05) is 55.7 Å². The molecule has 0 bridgehead atoms. The van der Waals surface area contributed by atoms with Crippen molar-refractivity contribution < 1.29 is 28.2 Å². The summed E-state index contributed by atoms with van der Waals surface area (Å²) in [6, 6.07) is 15.5. The summed E-state index contributed by atoms with van der Waals surface area (Å²) in [5, 5.41) is 34.7. The highest BCUT2D eigenvalue weighted by Gasteiger charge is 2.30. The summed E-state index contributed by atoms with van der Waals surface area (Å²) in [5.41, 5.74) is 1.97. The lowest BCUT2D eigenvalue weighted by Gasteiger charge is -2.34. The summed E-state index contributed by atoms with van der Waals surface area (Å²) in [5.74, 6) is 2.79. The van der Waals surface area contributed by atoms with E-state index in [9.17, 15) is 33.4 Å². The van der Waals surface area contributed by atoms with Crippen LogP contribution in [0.4, 0.5) is 18.9 Å². The predicted octanol–water partition coefficient (Wildman–Crippen LogP) is 3.19. The molecule has 0 spiro atoms. The number of halogens is 3. The maximum Gasteiger partial charge on any atom is 0.406 e. The van der Waals surface area contributed by atoms with E-state index in [2.05, 4.69) is 33.7 Å². The molecule has 1 amide bonds. The number of anilines is 1. The number of nitriles is 1. The van der Waals surface area contributed by atoms with Crippen molar-refractivity contribution in [3.63, 3.8) is 0 Å². The second-order valence-corrected chi connectivity index (χ2v) is 11.9. The Morgan fingerprint density at radius 1 is 1.11 bits per heavy atom. The number of aromatic nitrogens is 2. The lowest BCUT2D eigenvalue weighted by Crippen LogP contribution is -2.48. The number of nitrogens with one attached hydrogen (secondary N) is 2. The smallest absolute Gasteiger partial charge is 0.395 e. The molecule has 246 valence electrons. The highest BCUT2D eigenvalue weighted by atomic mass is 19.4. The Kier molecular flexibility index (Phi) is 11.7. The van der Waals surface area contributed by atoms with Gasteiger partial charge in [0.2, 0.25) is 5.91 Å². The maximum absolute atomic E-state index is 13.5. The minimum Gasteiger partial charge on any atom is -0.395 e. The third-order valence-corrected chi connectivity index (χ3v) is 8.02. The molecule has 3 heterocycles. The molecular formula is C33H40F3N7O3. The third-order valence-electron chi connectivity index (χ3n) is 8.02. The van der Waals surface area contributed by atoms with Gasteiger partial charge in [0.15, 0.2) is 0 Å². The molecule has 0 saturated carbocycles. The van der Waals surface area contributed by atoms with Gasteiger partial charge in [0.05, 0.1) is 54.5 Å². The number of pyridine rings is 1. The van der Waals surface area contributed by atoms with Crippen molar-refractivity contribution >= 4 is 22.5 Å². The van der Waals surface area contributed by atoms with Crippen LogP contribution in [0.5, 0.6) is 0 Å². The molecule has 4 N–H and O–H groups in total. The fraction of sp³-hybridized carbons (Fsp3) is 0.485. The maximum atomic E-state index is 13.5. The number of piperidine rings is 1. The number of carbonyl (C=O) groups excluding carboxylic acids is 1. The molecule has 2 aromatic heterocycles. The zero-order chi connectivity index (χ0) is 33.3. The van der Waals surface area contributed by atoms with E-state index in [4.69, 9.17) is 0 Å². The van der Waals surface area contributed by atoms with Gasteiger partial charge in [-0.2, -0.15) is 18.4 Å². The quantitative estimate of drug-likeness (QED) is 0.176. The lowest BCUT2D eigenvalue weighted by molar-refractivity contribution is -0.140. The number of aliphatic hydroxyl groups is 2. The zero-order valence-electron chi connectivity index (χ0n) is 26.1. The van der Waals surface area contributed by atoms with Crippen molar-refractivity contribution in [1.29, 1.82) is 5.26 Å². The first-order valence-electron chi connectivity index (χ1n) is 15.2. The number of likely N-dealkylation sites (tertiary alicyclic amines) is 1. The number of benzene rings is 1. The van der Waals surface area contributed by atoms with E-state index >= 15 is 0 Å². The standard InChI is InChI=1S/C33H40F3N7O3/c1-32(2,22-37)30-6-4-27(20-40-30)38-10-7-28-18-25-17-24(3-5-29(25)43(28)23-33(34,35)36)19-39-26-8-11-42(12-9-26)31(46)21-41(13-15-44)14-16-45/h3-6,17-18,20,26,38-39,44-45H,8-9,11-16,19,21,23H2,1-2H3. The molecule has 10 nitrogen and oxygen atoms in total. The van der Waals surface area contributed by atoms with Crippen LogP contribution in [0.25, 0.3) is 10.9 Å². The molecule has 1 saturated heterocycles. The first-order chi connectivity index (χ1) is 21.9. The van der Waals surface area contributed by atoms with Crippen LogP contribution < -0.4 is 10.6 Å². The number of nitrogens with zero attached hydrogens (tertiary/aromatic N) is 5. The second kappa shape index (κ2) is 15.4. The van der Waals surface area contributed by atoms with Crippen molar-refractivity contribution in [3.8, 4) is 18.0 Å². The van der Waals surface area contributed by atoms with E-state index in [0.29, 0.717) is 55.0 Å². The number of carbonyl (C=O) groups is 1. The van der Waals surface area contributed by atoms with Crippen LogP contribution in [0.2, 0.25) is 0 Å². The SMILES string of the molecule is CC(C)(C#N)c1ccc(NC#Cc2cc3cc(CNC4CCN(C(=O)CN(CCO)CCO)CC4)ccc3n2CC(F)(F)F)cn1. The van der Waals surface area contributed by atoms with Gasteiger partial charge in [0.25, 0.3) is 0 Å². The van der Waals surface area contributed by atoms with Gasteiger partial charge >= 0.3 is 6.18 Å². The third kappa shape index (κ3) is 9.44. The average molecular weight is 640 g/mol. The van der Waals surface area contributed by atoms with Gasteiger partial charge < -0.3 is 30.3 Å². The number of fused-ring (bicyclic) bond motifs is 1. The van der Waals surface area contributed by atoms with Crippen LogP contribution in [0.1, 0.15) is 43.6 Å². The molecule has 3 aromatic rings. The molecule has 0 atom stereocenters. The Morgan fingerprint density at radius 2 is 1.83 bits per heavy atom. The summed E-state index contributed by atoms with van der Waals surface area (Å²) in [4.78, 5) is 20.5. The first-order valence-corrected chi connectivity index (χ1v) is 15.2. The number of alkyl halides is 3. The predicted molar refractivity (Wildman–Crippen MR) is 168 cm³/mol. The van der Waals surface area contributed by atoms with Crippen LogP contribution in [-0.2, 0) is 23.3 Å². The molecule has 0 unspecified atom stereocenters. The molecule has 4 rings (SSSR count). The van der Waals surface area contributed by atoms with Crippen molar-refractivity contribution in [1.82, 2.24) is 24.7 Å². The highest BCUT2D eigenvalue weighted by Crippen LogP contribution is 2.27. The van der Waals surface area contributed by atoms with Crippen molar-refractivity contribution in [2.45, 2.75) is 57.4 Å². The molecule has 13 heteroatoms. The number of amides is 1. The summed E-state index contributed by atoms with van der Waals surface area (Å²) in [6.45, 7) is 4.70. The molecule has 1 aromatic carbocycles. The molecule has 46 heavy (non-hydrogen) atoms. The normalized spacial score (nSPS) is 14.3. The van der Waals surface area contributed by atoms with Crippen molar-refractivity contribution in [2.24, 2.45) is 0 Å². The van der Waals surface area contributed by atoms with E-state index in [1.807, 2.05) is 12.1 Å². The Labute approximate surface area is 266 Å². The van der Waals surface area contributed by atoms with Crippen LogP contribution in [0, 0.1) is 23.3 Å². The minimum atomic E-state index is -4.43. The lowest BCUT2D eigenvalue weighted by atomic mass is 9.91. The number of hydrogen-bond acceptors (Lipinski definition) is 8. The summed E-state index contributed by atoms with van der Waals surface area (Å²) >= 11 is 0. The van der Waals surface area contributed by atoms with Gasteiger partial charge in [-0.05, 0) is 68.5 Å². The number of aliphatic hydroxyl groups excluding tert-OH is 2. The van der Waals surface area contributed by atoms with Crippen LogP contribution >= 0.6 is 0 Å². The van der Waals surface area contributed by atoms with E-state index < -0.39 is 18.1 Å². The monoisotopic (exact) mass is 639 g/mol. The second-order valence-electron chi connectivity index (χ2n) is 11.9. The molecule has 1 fully saturated rings. The van der Waals surface area contributed by atoms with E-state index in [0.717, 1.165) is 23.0 Å². The number of hydrogen-bond donors (Lipinski definition) is 4. The van der Waals surface area contributed by atoms with Gasteiger partial charge in [-0.1, -0.05) is 6.07 Å². The van der Waals surface area contributed by atoms with E-state index in [-0.39, 0.29) is 37.4 Å². The Morgan fingerprint density at radius 3 is 2.43 bits per heavy atom. The van der Waals surface area contributed by atoms with Crippen molar-refractivity contribution in [3.05, 3.63) is 59.5 Å². The molecule has 1 aliphatic heterocycles. The molecular weight excluding hydrogens is 599 g/mol. The summed E-state index contributed by atoms with van der Waals surface area (Å²) in [7, 11) is 0. The van der Waals surface area contributed by atoms with Gasteiger partial charge in [-0.15, -0.1) is 0 Å². The Bertz CT molecular complexity index is 1570. The average Bonchev–Trinajstić information content (AvgIpc) is 3.35. The molecule has 0 radical (unpaired) electrons. The molecule has 0 aliphatic carbocycles. The Hall–Kier alpha value is -4.14. The minimum absolute atomic E-state index is 0.0301. The highest BCUT2D eigenvalue weighted by molar-refractivity contribution is 5.83. The topological polar surface area (TPSA) is 130 Å². The molecule has 1 aliphatic rings. The van der Waals surface area contributed by atoms with Crippen LogP contribution in [-0.4, -0.2) is 93.6 Å². The Balaban J connectivity index is 1.39. The van der Waals surface area contributed by atoms with Gasteiger partial charge in [-0.25, -0.2) is 0 Å². The number of rotatable bonds is 12. The summed E-state index contributed by atoms with van der Waals surface area (Å²) < 4.78 is 41.7. The van der Waals surface area contributed by atoms with Crippen LogP contribution in [0.15, 0.2) is 42.6 Å². The van der Waals surface area contributed by atoms with Crippen LogP contribution in [0.3, 0.4) is 0 Å². The first kappa shape index (κ1) is 34.7. The van der Waals surface area contributed by atoms with Gasteiger partial charge in [-0.3, -0.25) is 14.7 Å². The van der Waals surface area contributed by atoms with E-state index in [1.165, 1.54) is 6.20 Å². The largest absolute Gasteiger partial charge is 0.406 e. The zero-order valence-corrected chi connectivity index (χ0v) is 26.1. The van der Waals surface area contributed by atoms with Gasteiger partial charge in [0.1, 0.15) is 6.54 Å².